The van der Waals surface area contributed by atoms with E-state index < -0.39 is 0 Å². The Morgan fingerprint density at radius 1 is 1.26 bits per heavy atom. The molecule has 19 heavy (non-hydrogen) atoms. The van der Waals surface area contributed by atoms with E-state index in [1.165, 1.54) is 41.7 Å². The van der Waals surface area contributed by atoms with Crippen molar-refractivity contribution in [1.82, 2.24) is 5.32 Å². The maximum Gasteiger partial charge on any atom is 0.261 e. The van der Waals surface area contributed by atoms with Crippen molar-refractivity contribution in [3.8, 4) is 0 Å². The van der Waals surface area contributed by atoms with Crippen LogP contribution in [0.3, 0.4) is 0 Å². The van der Waals surface area contributed by atoms with Gasteiger partial charge in [0.2, 0.25) is 0 Å². The molecule has 1 aromatic heterocycles. The van der Waals surface area contributed by atoms with Gasteiger partial charge in [-0.3, -0.25) is 4.79 Å². The molecule has 1 N–H and O–H groups in total. The van der Waals surface area contributed by atoms with Crippen molar-refractivity contribution in [2.24, 2.45) is 0 Å². The third-order valence-electron chi connectivity index (χ3n) is 3.75. The fourth-order valence-electron chi connectivity index (χ4n) is 2.78. The Balaban J connectivity index is 1.67. The van der Waals surface area contributed by atoms with Gasteiger partial charge in [0, 0.05) is 12.5 Å². The van der Waals surface area contributed by atoms with Gasteiger partial charge in [0.1, 0.15) is 0 Å². The summed E-state index contributed by atoms with van der Waals surface area (Å²) in [6.07, 6.45) is 3.56. The number of amides is 1. The highest BCUT2D eigenvalue weighted by Crippen LogP contribution is 2.30. The summed E-state index contributed by atoms with van der Waals surface area (Å²) in [5, 5.41) is 5.00. The minimum Gasteiger partial charge on any atom is -0.351 e. The van der Waals surface area contributed by atoms with Crippen molar-refractivity contribution in [3.63, 3.8) is 0 Å². The molecule has 0 aliphatic heterocycles. The first-order chi connectivity index (χ1) is 9.34. The highest BCUT2D eigenvalue weighted by molar-refractivity contribution is 7.12. The van der Waals surface area contributed by atoms with Crippen LogP contribution in [0.1, 0.15) is 39.6 Å². The first-order valence-corrected chi connectivity index (χ1v) is 7.62. The largest absolute Gasteiger partial charge is 0.351 e. The number of rotatable bonds is 3. The summed E-state index contributed by atoms with van der Waals surface area (Å²) < 4.78 is 0. The predicted molar refractivity (Wildman–Crippen MR) is 78.8 cm³/mol. The van der Waals surface area contributed by atoms with Gasteiger partial charge in [0.25, 0.3) is 5.91 Å². The molecule has 1 aromatic carbocycles. The third-order valence-corrected chi connectivity index (χ3v) is 4.62. The summed E-state index contributed by atoms with van der Waals surface area (Å²) >= 11 is 1.49. The van der Waals surface area contributed by atoms with Crippen molar-refractivity contribution >= 4 is 17.2 Å². The Morgan fingerprint density at radius 2 is 2.16 bits per heavy atom. The average molecular weight is 271 g/mol. The average Bonchev–Trinajstić information content (AvgIpc) is 2.99. The second kappa shape index (κ2) is 5.57. The third kappa shape index (κ3) is 2.71. The van der Waals surface area contributed by atoms with Crippen LogP contribution >= 0.6 is 11.3 Å². The van der Waals surface area contributed by atoms with Crippen LogP contribution in [-0.2, 0) is 6.42 Å². The molecule has 0 radical (unpaired) electrons. The van der Waals surface area contributed by atoms with Gasteiger partial charge >= 0.3 is 0 Å². The highest BCUT2D eigenvalue weighted by Gasteiger charge is 2.20. The van der Waals surface area contributed by atoms with Gasteiger partial charge in [-0.05, 0) is 41.8 Å². The summed E-state index contributed by atoms with van der Waals surface area (Å²) in [5.74, 6) is 0.520. The molecule has 1 aliphatic carbocycles. The predicted octanol–water partition coefficient (Wildman–Crippen LogP) is 3.60. The Morgan fingerprint density at radius 3 is 3.00 bits per heavy atom. The number of benzene rings is 1. The molecule has 2 aromatic rings. The topological polar surface area (TPSA) is 29.1 Å². The number of hydrogen-bond donors (Lipinski definition) is 1. The van der Waals surface area contributed by atoms with Crippen molar-refractivity contribution in [2.75, 3.05) is 6.54 Å². The normalized spacial score (nSPS) is 17.8. The van der Waals surface area contributed by atoms with Crippen LogP contribution in [0.4, 0.5) is 0 Å². The van der Waals surface area contributed by atoms with Crippen LogP contribution < -0.4 is 5.32 Å². The number of aryl methyl sites for hydroxylation is 1. The zero-order valence-corrected chi connectivity index (χ0v) is 11.6. The zero-order chi connectivity index (χ0) is 13.1. The molecule has 3 heteroatoms. The molecule has 1 unspecified atom stereocenters. The first-order valence-electron chi connectivity index (χ1n) is 6.74. The zero-order valence-electron chi connectivity index (χ0n) is 10.8. The van der Waals surface area contributed by atoms with E-state index >= 15 is 0 Å². The van der Waals surface area contributed by atoms with Gasteiger partial charge in [0.15, 0.2) is 0 Å². The number of fused-ring (bicyclic) bond motifs is 1. The van der Waals surface area contributed by atoms with E-state index in [4.69, 9.17) is 0 Å². The van der Waals surface area contributed by atoms with Crippen molar-refractivity contribution in [2.45, 2.75) is 25.2 Å². The first kappa shape index (κ1) is 12.4. The van der Waals surface area contributed by atoms with E-state index in [1.807, 2.05) is 17.5 Å². The second-order valence-electron chi connectivity index (χ2n) is 4.98. The molecule has 0 saturated carbocycles. The summed E-state index contributed by atoms with van der Waals surface area (Å²) in [5.41, 5.74) is 2.87. The van der Waals surface area contributed by atoms with E-state index in [1.54, 1.807) is 0 Å². The lowest BCUT2D eigenvalue weighted by Gasteiger charge is -2.25. The van der Waals surface area contributed by atoms with Crippen LogP contribution in [0.15, 0.2) is 41.8 Å². The lowest BCUT2D eigenvalue weighted by Crippen LogP contribution is -2.29. The van der Waals surface area contributed by atoms with Gasteiger partial charge in [0.05, 0.1) is 4.88 Å². The van der Waals surface area contributed by atoms with Crippen molar-refractivity contribution in [1.29, 1.82) is 0 Å². The van der Waals surface area contributed by atoms with Gasteiger partial charge in [-0.15, -0.1) is 11.3 Å². The Hall–Kier alpha value is -1.61. The molecule has 1 atom stereocenters. The molecular formula is C16H17NOS. The molecule has 1 amide bonds. The molecule has 98 valence electrons. The molecule has 0 saturated heterocycles. The van der Waals surface area contributed by atoms with E-state index in [2.05, 4.69) is 29.6 Å². The highest BCUT2D eigenvalue weighted by atomic mass is 32.1. The van der Waals surface area contributed by atoms with E-state index in [0.717, 1.165) is 11.4 Å². The number of carbonyl (C=O) groups is 1. The monoisotopic (exact) mass is 271 g/mol. The maximum atomic E-state index is 12.0. The standard InChI is InChI=1S/C16H17NOS/c18-16(15-9-4-10-19-15)17-11-13-7-3-6-12-5-1-2-8-14(12)13/h1-2,4-5,8-10,13H,3,6-7,11H2,(H,17,18). The number of carbonyl (C=O) groups excluding carboxylic acids is 1. The maximum absolute atomic E-state index is 12.0. The van der Waals surface area contributed by atoms with E-state index in [0.29, 0.717) is 5.92 Å². The van der Waals surface area contributed by atoms with Gasteiger partial charge in [-0.1, -0.05) is 30.3 Å². The summed E-state index contributed by atoms with van der Waals surface area (Å²) in [4.78, 5) is 12.8. The molecule has 0 bridgehead atoms. The SMILES string of the molecule is O=C(NCC1CCCc2ccccc21)c1cccs1. The van der Waals surface area contributed by atoms with Crippen LogP contribution in [0, 0.1) is 0 Å². The van der Waals surface area contributed by atoms with Gasteiger partial charge < -0.3 is 5.32 Å². The molecule has 1 aliphatic rings. The fraction of sp³-hybridized carbons (Fsp3) is 0.312. The second-order valence-corrected chi connectivity index (χ2v) is 5.92. The molecule has 1 heterocycles. The number of nitrogens with one attached hydrogen (secondary N) is 1. The van der Waals surface area contributed by atoms with Crippen molar-refractivity contribution in [3.05, 3.63) is 57.8 Å². The number of thiophene rings is 1. The summed E-state index contributed by atoms with van der Waals surface area (Å²) in [6.45, 7) is 0.744. The van der Waals surface area contributed by atoms with Crippen LogP contribution in [0.5, 0.6) is 0 Å². The Labute approximate surface area is 117 Å². The smallest absolute Gasteiger partial charge is 0.261 e. The summed E-state index contributed by atoms with van der Waals surface area (Å²) in [6, 6.07) is 12.4. The molecule has 2 nitrogen and oxygen atoms in total. The molecule has 3 rings (SSSR count). The molecule has 0 spiro atoms. The van der Waals surface area contributed by atoms with Crippen molar-refractivity contribution < 1.29 is 4.79 Å². The lowest BCUT2D eigenvalue weighted by atomic mass is 9.83. The Kier molecular flexibility index (Phi) is 3.65. The van der Waals surface area contributed by atoms with Crippen LogP contribution in [-0.4, -0.2) is 12.5 Å². The minimum atomic E-state index is 0.0538. The quantitative estimate of drug-likeness (QED) is 0.908. The van der Waals surface area contributed by atoms with E-state index in [9.17, 15) is 4.79 Å². The van der Waals surface area contributed by atoms with Gasteiger partial charge in [-0.25, -0.2) is 0 Å². The number of hydrogen-bond acceptors (Lipinski definition) is 2. The van der Waals surface area contributed by atoms with E-state index in [-0.39, 0.29) is 5.91 Å². The van der Waals surface area contributed by atoms with Gasteiger partial charge in [-0.2, -0.15) is 0 Å². The minimum absolute atomic E-state index is 0.0538. The Bertz CT molecular complexity index is 562. The van der Waals surface area contributed by atoms with Crippen LogP contribution in [0.25, 0.3) is 0 Å². The molecular weight excluding hydrogens is 254 g/mol. The lowest BCUT2D eigenvalue weighted by molar-refractivity contribution is 0.0954. The summed E-state index contributed by atoms with van der Waals surface area (Å²) in [7, 11) is 0. The molecule has 0 fully saturated rings. The van der Waals surface area contributed by atoms with Crippen LogP contribution in [0.2, 0.25) is 0 Å². The fourth-order valence-corrected chi connectivity index (χ4v) is 3.42.